The molecule has 0 heterocycles. The summed E-state index contributed by atoms with van der Waals surface area (Å²) < 4.78 is 5.98. The maximum Gasteiger partial charge on any atom is 0.138 e. The molecule has 2 aromatic rings. The number of ether oxygens (including phenoxy) is 1. The second-order valence-electron chi connectivity index (χ2n) is 4.62. The number of fused-ring (bicyclic) bond motifs is 1. The minimum absolute atomic E-state index is 0.355. The average Bonchev–Trinajstić information content (AvgIpc) is 2.86. The van der Waals surface area contributed by atoms with E-state index in [1.54, 1.807) is 0 Å². The van der Waals surface area contributed by atoms with Gasteiger partial charge < -0.3 is 4.74 Å². The monoisotopic (exact) mass is 246 g/mol. The Morgan fingerprint density at radius 2 is 1.76 bits per heavy atom. The summed E-state index contributed by atoms with van der Waals surface area (Å²) in [5, 5.41) is 2.98. The van der Waals surface area contributed by atoms with Gasteiger partial charge in [-0.05, 0) is 37.1 Å². The van der Waals surface area contributed by atoms with Crippen LogP contribution in [0.2, 0.25) is 5.02 Å². The van der Waals surface area contributed by atoms with E-state index in [1.165, 1.54) is 12.8 Å². The molecule has 0 saturated heterocycles. The lowest BCUT2D eigenvalue weighted by Crippen LogP contribution is -2.11. The Hall–Kier alpha value is -1.21. The predicted molar refractivity (Wildman–Crippen MR) is 71.8 cm³/mol. The first-order valence-electron chi connectivity index (χ1n) is 6.18. The van der Waals surface area contributed by atoms with Gasteiger partial charge in [-0.2, -0.15) is 0 Å². The summed E-state index contributed by atoms with van der Waals surface area (Å²) in [5.41, 5.74) is 0. The van der Waals surface area contributed by atoms with Crippen LogP contribution in [0.15, 0.2) is 36.4 Å². The average molecular weight is 247 g/mol. The molecule has 2 heteroatoms. The Morgan fingerprint density at radius 3 is 2.59 bits per heavy atom. The number of halogens is 1. The van der Waals surface area contributed by atoms with Crippen molar-refractivity contribution >= 4 is 22.4 Å². The third-order valence-corrected chi connectivity index (χ3v) is 3.81. The number of hydrogen-bond donors (Lipinski definition) is 0. The molecule has 0 aromatic heterocycles. The Bertz CT molecular complexity index is 529. The third-order valence-electron chi connectivity index (χ3n) is 3.42. The highest BCUT2D eigenvalue weighted by Gasteiger charge is 2.18. The quantitative estimate of drug-likeness (QED) is 0.739. The van der Waals surface area contributed by atoms with Gasteiger partial charge in [0.2, 0.25) is 0 Å². The minimum atomic E-state index is 0.355. The van der Waals surface area contributed by atoms with Crippen molar-refractivity contribution in [2.24, 2.45) is 0 Å². The maximum absolute atomic E-state index is 6.40. The molecule has 1 nitrogen and oxygen atoms in total. The van der Waals surface area contributed by atoms with Crippen LogP contribution in [0.25, 0.3) is 10.8 Å². The summed E-state index contributed by atoms with van der Waals surface area (Å²) in [4.78, 5) is 0. The van der Waals surface area contributed by atoms with Crippen molar-refractivity contribution in [2.45, 2.75) is 31.8 Å². The third kappa shape index (κ3) is 2.12. The maximum atomic E-state index is 6.40. The van der Waals surface area contributed by atoms with Gasteiger partial charge in [-0.3, -0.25) is 0 Å². The molecule has 3 rings (SSSR count). The molecule has 0 amide bonds. The molecule has 88 valence electrons. The largest absolute Gasteiger partial charge is 0.489 e. The van der Waals surface area contributed by atoms with Gasteiger partial charge in [0.1, 0.15) is 5.75 Å². The second kappa shape index (κ2) is 4.58. The van der Waals surface area contributed by atoms with E-state index in [-0.39, 0.29) is 0 Å². The van der Waals surface area contributed by atoms with E-state index >= 15 is 0 Å². The van der Waals surface area contributed by atoms with Crippen LogP contribution in [0.1, 0.15) is 25.7 Å². The first-order valence-corrected chi connectivity index (χ1v) is 6.56. The zero-order chi connectivity index (χ0) is 11.7. The molecule has 1 aliphatic rings. The number of benzene rings is 2. The molecule has 0 unspecified atom stereocenters. The van der Waals surface area contributed by atoms with Gasteiger partial charge in [0, 0.05) is 5.39 Å². The van der Waals surface area contributed by atoms with Crippen molar-refractivity contribution in [2.75, 3.05) is 0 Å². The van der Waals surface area contributed by atoms with Gasteiger partial charge in [0.05, 0.1) is 11.1 Å². The summed E-state index contributed by atoms with van der Waals surface area (Å²) in [5.74, 6) is 0.831. The molecule has 17 heavy (non-hydrogen) atoms. The van der Waals surface area contributed by atoms with Gasteiger partial charge in [-0.15, -0.1) is 0 Å². The van der Waals surface area contributed by atoms with Crippen LogP contribution in [0.3, 0.4) is 0 Å². The van der Waals surface area contributed by atoms with Crippen LogP contribution in [-0.2, 0) is 0 Å². The molecule has 0 atom stereocenters. The fourth-order valence-corrected chi connectivity index (χ4v) is 2.77. The highest BCUT2D eigenvalue weighted by atomic mass is 35.5. The van der Waals surface area contributed by atoms with E-state index in [1.807, 2.05) is 24.3 Å². The highest BCUT2D eigenvalue weighted by molar-refractivity contribution is 6.37. The zero-order valence-corrected chi connectivity index (χ0v) is 10.4. The van der Waals surface area contributed by atoms with Crippen LogP contribution >= 0.6 is 11.6 Å². The summed E-state index contributed by atoms with van der Waals surface area (Å²) >= 11 is 6.40. The summed E-state index contributed by atoms with van der Waals surface area (Å²) in [6, 6.07) is 12.2. The zero-order valence-electron chi connectivity index (χ0n) is 9.66. The highest BCUT2D eigenvalue weighted by Crippen LogP contribution is 2.35. The second-order valence-corrected chi connectivity index (χ2v) is 5.00. The Balaban J connectivity index is 1.96. The molecule has 1 fully saturated rings. The summed E-state index contributed by atoms with van der Waals surface area (Å²) in [6.07, 6.45) is 5.21. The lowest BCUT2D eigenvalue weighted by Gasteiger charge is -2.15. The Morgan fingerprint density at radius 1 is 1.00 bits per heavy atom. The first-order chi connectivity index (χ1) is 8.34. The Kier molecular flexibility index (Phi) is 2.94. The van der Waals surface area contributed by atoms with Crippen molar-refractivity contribution in [3.8, 4) is 5.75 Å². The smallest absolute Gasteiger partial charge is 0.138 e. The molecule has 0 radical (unpaired) electrons. The molecule has 0 aliphatic heterocycles. The van der Waals surface area contributed by atoms with Crippen molar-refractivity contribution in [1.82, 2.24) is 0 Å². The predicted octanol–water partition coefficient (Wildman–Crippen LogP) is 4.81. The normalized spacial score (nSPS) is 16.5. The molecular formula is C15H15ClO. The van der Waals surface area contributed by atoms with E-state index in [0.717, 1.165) is 34.4 Å². The molecule has 1 aliphatic carbocycles. The molecule has 0 bridgehead atoms. The summed E-state index contributed by atoms with van der Waals surface area (Å²) in [7, 11) is 0. The number of hydrogen-bond acceptors (Lipinski definition) is 1. The fourth-order valence-electron chi connectivity index (χ4n) is 2.49. The van der Waals surface area contributed by atoms with Crippen LogP contribution in [0, 0.1) is 0 Å². The molecule has 2 aromatic carbocycles. The Labute approximate surface area is 106 Å². The topological polar surface area (TPSA) is 9.23 Å². The van der Waals surface area contributed by atoms with E-state index in [0.29, 0.717) is 6.10 Å². The molecular weight excluding hydrogens is 232 g/mol. The lowest BCUT2D eigenvalue weighted by molar-refractivity contribution is 0.210. The fraction of sp³-hybridized carbons (Fsp3) is 0.333. The van der Waals surface area contributed by atoms with E-state index in [9.17, 15) is 0 Å². The van der Waals surface area contributed by atoms with Crippen molar-refractivity contribution in [3.63, 3.8) is 0 Å². The lowest BCUT2D eigenvalue weighted by atomic mass is 10.1. The molecule has 1 saturated carbocycles. The van der Waals surface area contributed by atoms with Crippen molar-refractivity contribution in [1.29, 1.82) is 0 Å². The van der Waals surface area contributed by atoms with Crippen molar-refractivity contribution in [3.05, 3.63) is 41.4 Å². The van der Waals surface area contributed by atoms with Crippen LogP contribution in [0.4, 0.5) is 0 Å². The summed E-state index contributed by atoms with van der Waals surface area (Å²) in [6.45, 7) is 0. The van der Waals surface area contributed by atoms with E-state index < -0.39 is 0 Å². The van der Waals surface area contributed by atoms with Gasteiger partial charge in [0.25, 0.3) is 0 Å². The van der Waals surface area contributed by atoms with Crippen LogP contribution in [-0.4, -0.2) is 6.10 Å². The van der Waals surface area contributed by atoms with Crippen LogP contribution < -0.4 is 4.74 Å². The van der Waals surface area contributed by atoms with Crippen molar-refractivity contribution < 1.29 is 4.74 Å². The molecule has 0 N–H and O–H groups in total. The molecule has 0 spiro atoms. The van der Waals surface area contributed by atoms with Gasteiger partial charge in [-0.25, -0.2) is 0 Å². The van der Waals surface area contributed by atoms with Gasteiger partial charge >= 0.3 is 0 Å². The van der Waals surface area contributed by atoms with Crippen LogP contribution in [0.5, 0.6) is 5.75 Å². The standard InChI is InChI=1S/C15H15ClO/c16-15-13-8-4-1-5-11(13)9-10-14(15)17-12-6-2-3-7-12/h1,4-5,8-10,12H,2-3,6-7H2. The van der Waals surface area contributed by atoms with E-state index in [2.05, 4.69) is 12.1 Å². The minimum Gasteiger partial charge on any atom is -0.489 e. The van der Waals surface area contributed by atoms with Gasteiger partial charge in [0.15, 0.2) is 0 Å². The number of rotatable bonds is 2. The van der Waals surface area contributed by atoms with E-state index in [4.69, 9.17) is 16.3 Å². The SMILES string of the molecule is Clc1c(OC2CCCC2)ccc2ccccc12. The first kappa shape index (κ1) is 10.9. The van der Waals surface area contributed by atoms with Gasteiger partial charge in [-0.1, -0.05) is 41.9 Å².